The number of rotatable bonds is 10. The highest BCUT2D eigenvalue weighted by Crippen LogP contribution is 2.19. The molecule has 1 saturated heterocycles. The van der Waals surface area contributed by atoms with Gasteiger partial charge in [-0.2, -0.15) is 0 Å². The number of hydrogen-bond donors (Lipinski definition) is 5. The first-order chi connectivity index (χ1) is 18.3. The van der Waals surface area contributed by atoms with Gasteiger partial charge in [-0.1, -0.05) is 30.3 Å². The number of hydrogen-bond acceptors (Lipinski definition) is 5. The number of aromatic nitrogens is 1. The molecule has 0 saturated carbocycles. The van der Waals surface area contributed by atoms with Crippen molar-refractivity contribution in [2.75, 3.05) is 13.1 Å². The topological polar surface area (TPSA) is 149 Å². The van der Waals surface area contributed by atoms with E-state index in [0.29, 0.717) is 23.9 Å². The van der Waals surface area contributed by atoms with E-state index in [0.717, 1.165) is 12.0 Å². The summed E-state index contributed by atoms with van der Waals surface area (Å²) in [6, 6.07) is 13.3. The third-order valence-electron chi connectivity index (χ3n) is 6.33. The van der Waals surface area contributed by atoms with Crippen molar-refractivity contribution in [1.29, 1.82) is 0 Å². The maximum Gasteiger partial charge on any atom is 0.289 e. The molecule has 2 aromatic carbocycles. The Morgan fingerprint density at radius 3 is 2.58 bits per heavy atom. The summed E-state index contributed by atoms with van der Waals surface area (Å²) in [5.41, 5.74) is 1.48. The zero-order valence-electron chi connectivity index (χ0n) is 20.5. The number of amides is 4. The van der Waals surface area contributed by atoms with E-state index in [1.165, 1.54) is 24.3 Å². The lowest BCUT2D eigenvalue weighted by Gasteiger charge is -2.26. The highest BCUT2D eigenvalue weighted by Gasteiger charge is 2.33. The van der Waals surface area contributed by atoms with Gasteiger partial charge in [0.25, 0.3) is 11.8 Å². The molecule has 0 aliphatic carbocycles. The number of piperidine rings is 1. The van der Waals surface area contributed by atoms with E-state index < -0.39 is 47.8 Å². The van der Waals surface area contributed by atoms with Crippen LogP contribution in [0.25, 0.3) is 10.9 Å². The van der Waals surface area contributed by atoms with Gasteiger partial charge in [-0.25, -0.2) is 4.39 Å². The van der Waals surface area contributed by atoms with Crippen LogP contribution in [0.1, 0.15) is 35.3 Å². The van der Waals surface area contributed by atoms with Crippen molar-refractivity contribution in [3.05, 3.63) is 71.7 Å². The van der Waals surface area contributed by atoms with E-state index in [9.17, 15) is 28.4 Å². The SMILES string of the molecule is O=C(CNC(=O)c1cc2cc(F)ccc2[nH]1)NC(CC1CCCNC1=O)C(=O)C(=O)NCc1ccccc1. The molecule has 38 heavy (non-hydrogen) atoms. The van der Waals surface area contributed by atoms with Gasteiger partial charge in [0.05, 0.1) is 12.6 Å². The zero-order chi connectivity index (χ0) is 27.1. The van der Waals surface area contributed by atoms with Gasteiger partial charge in [-0.05, 0) is 49.1 Å². The molecule has 3 aromatic rings. The van der Waals surface area contributed by atoms with E-state index in [-0.39, 0.29) is 24.6 Å². The normalized spacial score (nSPS) is 15.8. The molecule has 1 fully saturated rings. The standard InChI is InChI=1S/C27H28FN5O5/c28-19-8-9-20-18(11-19)13-22(32-20)26(37)31-15-23(34)33-21(12-17-7-4-10-29-25(17)36)24(35)27(38)30-14-16-5-2-1-3-6-16/h1-3,5-6,8-9,11,13,17,21,32H,4,7,10,12,14-15H2,(H,29,36)(H,30,38)(H,31,37)(H,33,34). The molecule has 198 valence electrons. The van der Waals surface area contributed by atoms with Crippen LogP contribution in [0.2, 0.25) is 0 Å². The Kier molecular flexibility index (Phi) is 8.47. The van der Waals surface area contributed by atoms with Gasteiger partial charge in [-0.15, -0.1) is 0 Å². The van der Waals surface area contributed by atoms with Crippen molar-refractivity contribution in [3.63, 3.8) is 0 Å². The maximum atomic E-state index is 13.4. The van der Waals surface area contributed by atoms with Crippen LogP contribution >= 0.6 is 0 Å². The summed E-state index contributed by atoms with van der Waals surface area (Å²) in [6.07, 6.45) is 1.20. The molecule has 11 heteroatoms. The third kappa shape index (κ3) is 6.81. The maximum absolute atomic E-state index is 13.4. The monoisotopic (exact) mass is 521 g/mol. The lowest BCUT2D eigenvalue weighted by molar-refractivity contribution is -0.141. The second-order valence-corrected chi connectivity index (χ2v) is 9.12. The molecule has 0 spiro atoms. The molecule has 0 radical (unpaired) electrons. The predicted octanol–water partition coefficient (Wildman–Crippen LogP) is 1.32. The molecular weight excluding hydrogens is 493 g/mol. The Bertz CT molecular complexity index is 1360. The summed E-state index contributed by atoms with van der Waals surface area (Å²) in [6.45, 7) is 0.180. The predicted molar refractivity (Wildman–Crippen MR) is 136 cm³/mol. The first-order valence-corrected chi connectivity index (χ1v) is 12.3. The molecule has 4 amide bonds. The Labute approximate surface area is 217 Å². The van der Waals surface area contributed by atoms with Gasteiger partial charge in [0.15, 0.2) is 0 Å². The lowest BCUT2D eigenvalue weighted by Crippen LogP contribution is -2.52. The molecule has 1 aliphatic rings. The Balaban J connectivity index is 1.38. The van der Waals surface area contributed by atoms with Crippen LogP contribution in [0, 0.1) is 11.7 Å². The first-order valence-electron chi connectivity index (χ1n) is 12.3. The minimum absolute atomic E-state index is 0.0449. The highest BCUT2D eigenvalue weighted by atomic mass is 19.1. The minimum Gasteiger partial charge on any atom is -0.356 e. The van der Waals surface area contributed by atoms with Gasteiger partial charge in [-0.3, -0.25) is 24.0 Å². The average Bonchev–Trinajstić information content (AvgIpc) is 3.34. The number of halogens is 1. The summed E-state index contributed by atoms with van der Waals surface area (Å²) in [7, 11) is 0. The van der Waals surface area contributed by atoms with Crippen molar-refractivity contribution in [2.24, 2.45) is 5.92 Å². The number of H-pyrrole nitrogens is 1. The van der Waals surface area contributed by atoms with Gasteiger partial charge in [0.1, 0.15) is 11.5 Å². The number of aromatic amines is 1. The van der Waals surface area contributed by atoms with E-state index in [1.807, 2.05) is 6.07 Å². The zero-order valence-corrected chi connectivity index (χ0v) is 20.5. The first kappa shape index (κ1) is 26.5. The largest absolute Gasteiger partial charge is 0.356 e. The fourth-order valence-corrected chi connectivity index (χ4v) is 4.33. The number of carbonyl (C=O) groups is 5. The van der Waals surface area contributed by atoms with Gasteiger partial charge in [0, 0.05) is 29.9 Å². The molecule has 1 aliphatic heterocycles. The Morgan fingerprint density at radius 1 is 1.03 bits per heavy atom. The molecule has 4 rings (SSSR count). The Morgan fingerprint density at radius 2 is 1.82 bits per heavy atom. The summed E-state index contributed by atoms with van der Waals surface area (Å²) >= 11 is 0. The summed E-state index contributed by atoms with van der Waals surface area (Å²) < 4.78 is 13.4. The molecule has 5 N–H and O–H groups in total. The van der Waals surface area contributed by atoms with Crippen molar-refractivity contribution in [2.45, 2.75) is 31.8 Å². The summed E-state index contributed by atoms with van der Waals surface area (Å²) in [5, 5.41) is 10.7. The number of carbonyl (C=O) groups excluding carboxylic acids is 5. The summed E-state index contributed by atoms with van der Waals surface area (Å²) in [4.78, 5) is 65.9. The average molecular weight is 522 g/mol. The van der Waals surface area contributed by atoms with Crippen LogP contribution in [-0.2, 0) is 25.7 Å². The van der Waals surface area contributed by atoms with E-state index in [4.69, 9.17) is 0 Å². The van der Waals surface area contributed by atoms with Gasteiger partial charge < -0.3 is 26.3 Å². The number of ketones is 1. The van der Waals surface area contributed by atoms with Crippen LogP contribution in [0.3, 0.4) is 0 Å². The third-order valence-corrected chi connectivity index (χ3v) is 6.33. The smallest absolute Gasteiger partial charge is 0.289 e. The van der Waals surface area contributed by atoms with Gasteiger partial charge in [0.2, 0.25) is 17.6 Å². The highest BCUT2D eigenvalue weighted by molar-refractivity contribution is 6.38. The molecule has 1 aromatic heterocycles. The number of benzene rings is 2. The van der Waals surface area contributed by atoms with E-state index in [2.05, 4.69) is 26.3 Å². The van der Waals surface area contributed by atoms with Crippen molar-refractivity contribution >= 4 is 40.3 Å². The molecule has 2 unspecified atom stereocenters. The second kappa shape index (κ2) is 12.1. The van der Waals surface area contributed by atoms with Crippen molar-refractivity contribution < 1.29 is 28.4 Å². The molecule has 2 atom stereocenters. The van der Waals surface area contributed by atoms with E-state index >= 15 is 0 Å². The molecule has 0 bridgehead atoms. The lowest BCUT2D eigenvalue weighted by atomic mass is 9.90. The second-order valence-electron chi connectivity index (χ2n) is 9.12. The Hall–Kier alpha value is -4.54. The fourth-order valence-electron chi connectivity index (χ4n) is 4.33. The van der Waals surface area contributed by atoms with Crippen molar-refractivity contribution in [3.8, 4) is 0 Å². The number of Topliss-reactive ketones (excluding diaryl/α,β-unsaturated/α-hetero) is 1. The molecular formula is C27H28FN5O5. The van der Waals surface area contributed by atoms with Crippen LogP contribution in [-0.4, -0.2) is 53.5 Å². The van der Waals surface area contributed by atoms with Crippen LogP contribution in [0.5, 0.6) is 0 Å². The van der Waals surface area contributed by atoms with E-state index in [1.54, 1.807) is 24.3 Å². The van der Waals surface area contributed by atoms with Gasteiger partial charge >= 0.3 is 0 Å². The molecule has 10 nitrogen and oxygen atoms in total. The van der Waals surface area contributed by atoms with Crippen LogP contribution in [0.4, 0.5) is 4.39 Å². The van der Waals surface area contributed by atoms with Crippen LogP contribution < -0.4 is 21.3 Å². The van der Waals surface area contributed by atoms with Crippen molar-refractivity contribution in [1.82, 2.24) is 26.3 Å². The quantitative estimate of drug-likeness (QED) is 0.255. The summed E-state index contributed by atoms with van der Waals surface area (Å²) in [5.74, 6) is -4.30. The number of fused-ring (bicyclic) bond motifs is 1. The molecule has 2 heterocycles. The van der Waals surface area contributed by atoms with Crippen LogP contribution in [0.15, 0.2) is 54.6 Å². The minimum atomic E-state index is -1.25. The number of nitrogens with one attached hydrogen (secondary N) is 5. The fraction of sp³-hybridized carbons (Fsp3) is 0.296.